The number of methoxy groups -OCH3 is 1. The molecule has 0 saturated heterocycles. The summed E-state index contributed by atoms with van der Waals surface area (Å²) >= 11 is 6.18. The molecular weight excluding hydrogens is 310 g/mol. The van der Waals surface area contributed by atoms with Gasteiger partial charge >= 0.3 is 0 Å². The zero-order chi connectivity index (χ0) is 16.8. The number of carbonyl (C=O) groups excluding carboxylic acids is 1. The summed E-state index contributed by atoms with van der Waals surface area (Å²) in [6.07, 6.45) is 0. The molecule has 0 aromatic heterocycles. The first-order valence-electron chi connectivity index (χ1n) is 7.72. The summed E-state index contributed by atoms with van der Waals surface area (Å²) in [7, 11) is 1.60. The fraction of sp³-hybridized carbons (Fsp3) is 0.316. The third kappa shape index (κ3) is 4.34. The molecule has 1 atom stereocenters. The summed E-state index contributed by atoms with van der Waals surface area (Å²) < 4.78 is 5.18. The molecule has 0 aliphatic rings. The molecule has 0 aliphatic carbocycles. The molecule has 0 radical (unpaired) electrons. The normalized spacial score (nSPS) is 12.2. The van der Waals surface area contributed by atoms with E-state index in [1.165, 1.54) is 0 Å². The second-order valence-corrected chi connectivity index (χ2v) is 5.85. The van der Waals surface area contributed by atoms with Gasteiger partial charge in [-0.1, -0.05) is 54.9 Å². The van der Waals surface area contributed by atoms with Crippen molar-refractivity contribution in [3.05, 3.63) is 64.7 Å². The summed E-state index contributed by atoms with van der Waals surface area (Å²) in [5, 5.41) is 0.586. The third-order valence-corrected chi connectivity index (χ3v) is 4.29. The maximum Gasteiger partial charge on any atom is 0.179 e. The highest BCUT2D eigenvalue weighted by atomic mass is 35.5. The van der Waals surface area contributed by atoms with Crippen molar-refractivity contribution in [1.29, 1.82) is 0 Å². The van der Waals surface area contributed by atoms with Gasteiger partial charge in [0.2, 0.25) is 0 Å². The number of ketones is 1. The van der Waals surface area contributed by atoms with Gasteiger partial charge in [0, 0.05) is 12.1 Å². The molecule has 4 heteroatoms. The van der Waals surface area contributed by atoms with Gasteiger partial charge < -0.3 is 4.74 Å². The van der Waals surface area contributed by atoms with Gasteiger partial charge in [-0.05, 0) is 31.2 Å². The van der Waals surface area contributed by atoms with E-state index in [4.69, 9.17) is 16.3 Å². The van der Waals surface area contributed by atoms with Crippen molar-refractivity contribution in [2.45, 2.75) is 26.4 Å². The Bertz CT molecular complexity index is 658. The van der Waals surface area contributed by atoms with E-state index in [1.807, 2.05) is 55.5 Å². The lowest BCUT2D eigenvalue weighted by atomic mass is 10.0. The number of halogens is 1. The van der Waals surface area contributed by atoms with E-state index in [0.29, 0.717) is 17.3 Å². The number of rotatable bonds is 7. The molecule has 0 fully saturated rings. The smallest absolute Gasteiger partial charge is 0.179 e. The average molecular weight is 332 g/mol. The Morgan fingerprint density at radius 3 is 2.48 bits per heavy atom. The molecule has 0 heterocycles. The number of hydrogen-bond acceptors (Lipinski definition) is 3. The number of benzene rings is 2. The van der Waals surface area contributed by atoms with Crippen LogP contribution in [0.4, 0.5) is 0 Å². The average Bonchev–Trinajstić information content (AvgIpc) is 2.59. The fourth-order valence-electron chi connectivity index (χ4n) is 2.57. The van der Waals surface area contributed by atoms with Crippen LogP contribution in [-0.2, 0) is 6.54 Å². The molecule has 122 valence electrons. The quantitative estimate of drug-likeness (QED) is 0.702. The van der Waals surface area contributed by atoms with Crippen LogP contribution in [0.15, 0.2) is 48.5 Å². The molecule has 1 unspecified atom stereocenters. The van der Waals surface area contributed by atoms with Gasteiger partial charge in [0.25, 0.3) is 0 Å². The molecular formula is C19H22ClNO2. The SMILES string of the molecule is CCN(Cc1ccc(OC)c(Cl)c1)C(C)C(=O)c1ccccc1. The molecule has 3 nitrogen and oxygen atoms in total. The molecule has 0 N–H and O–H groups in total. The van der Waals surface area contributed by atoms with Gasteiger partial charge in [-0.25, -0.2) is 0 Å². The summed E-state index contributed by atoms with van der Waals surface area (Å²) in [5.41, 5.74) is 1.80. The lowest BCUT2D eigenvalue weighted by Gasteiger charge is -2.27. The first-order chi connectivity index (χ1) is 11.1. The highest BCUT2D eigenvalue weighted by Crippen LogP contribution is 2.26. The maximum absolute atomic E-state index is 12.6. The van der Waals surface area contributed by atoms with E-state index in [0.717, 1.165) is 17.7 Å². The number of ether oxygens (including phenoxy) is 1. The third-order valence-electron chi connectivity index (χ3n) is 3.99. The minimum Gasteiger partial charge on any atom is -0.495 e. The number of hydrogen-bond donors (Lipinski definition) is 0. The van der Waals surface area contributed by atoms with Crippen LogP contribution in [0.1, 0.15) is 29.8 Å². The topological polar surface area (TPSA) is 29.5 Å². The van der Waals surface area contributed by atoms with Crippen molar-refractivity contribution >= 4 is 17.4 Å². The Hall–Kier alpha value is -1.84. The van der Waals surface area contributed by atoms with Gasteiger partial charge in [-0.15, -0.1) is 0 Å². The molecule has 0 amide bonds. The standard InChI is InChI=1S/C19H22ClNO2/c1-4-21(13-15-10-11-18(23-3)17(20)12-15)14(2)19(22)16-8-6-5-7-9-16/h5-12,14H,4,13H2,1-3H3. The lowest BCUT2D eigenvalue weighted by Crippen LogP contribution is -2.38. The van der Waals surface area contributed by atoms with Crippen LogP contribution in [0, 0.1) is 0 Å². The van der Waals surface area contributed by atoms with Crippen LogP contribution in [0.2, 0.25) is 5.02 Å². The minimum atomic E-state index is -0.191. The van der Waals surface area contributed by atoms with Crippen LogP contribution >= 0.6 is 11.6 Å². The molecule has 23 heavy (non-hydrogen) atoms. The fourth-order valence-corrected chi connectivity index (χ4v) is 2.86. The van der Waals surface area contributed by atoms with Crippen LogP contribution in [0.25, 0.3) is 0 Å². The Kier molecular flexibility index (Phi) is 6.20. The highest BCUT2D eigenvalue weighted by Gasteiger charge is 2.21. The highest BCUT2D eigenvalue weighted by molar-refractivity contribution is 6.32. The van der Waals surface area contributed by atoms with Crippen molar-refractivity contribution in [2.75, 3.05) is 13.7 Å². The number of Topliss-reactive ketones (excluding diaryl/α,β-unsaturated/α-hetero) is 1. The summed E-state index contributed by atoms with van der Waals surface area (Å²) in [6.45, 7) is 5.45. The maximum atomic E-state index is 12.6. The van der Waals surface area contributed by atoms with Crippen molar-refractivity contribution in [1.82, 2.24) is 4.90 Å². The number of nitrogens with zero attached hydrogens (tertiary/aromatic N) is 1. The molecule has 2 aromatic rings. The van der Waals surface area contributed by atoms with Gasteiger partial charge in [-0.3, -0.25) is 9.69 Å². The van der Waals surface area contributed by atoms with E-state index in [2.05, 4.69) is 11.8 Å². The Morgan fingerprint density at radius 1 is 1.22 bits per heavy atom. The van der Waals surface area contributed by atoms with E-state index in [9.17, 15) is 4.79 Å². The van der Waals surface area contributed by atoms with Crippen LogP contribution in [0.5, 0.6) is 5.75 Å². The van der Waals surface area contributed by atoms with Crippen molar-refractivity contribution < 1.29 is 9.53 Å². The van der Waals surface area contributed by atoms with E-state index >= 15 is 0 Å². The van der Waals surface area contributed by atoms with E-state index in [-0.39, 0.29) is 11.8 Å². The van der Waals surface area contributed by atoms with Crippen LogP contribution in [-0.4, -0.2) is 30.4 Å². The molecule has 0 aliphatic heterocycles. The van der Waals surface area contributed by atoms with E-state index < -0.39 is 0 Å². The Morgan fingerprint density at radius 2 is 1.91 bits per heavy atom. The second-order valence-electron chi connectivity index (χ2n) is 5.44. The van der Waals surface area contributed by atoms with Crippen molar-refractivity contribution in [2.24, 2.45) is 0 Å². The molecule has 0 bridgehead atoms. The molecule has 0 spiro atoms. The molecule has 2 rings (SSSR count). The van der Waals surface area contributed by atoms with Crippen molar-refractivity contribution in [3.8, 4) is 5.75 Å². The van der Waals surface area contributed by atoms with Crippen LogP contribution < -0.4 is 4.74 Å². The number of likely N-dealkylation sites (N-methyl/N-ethyl adjacent to an activating group) is 1. The van der Waals surface area contributed by atoms with Gasteiger partial charge in [0.15, 0.2) is 5.78 Å². The Balaban J connectivity index is 2.13. The molecule has 2 aromatic carbocycles. The van der Waals surface area contributed by atoms with Gasteiger partial charge in [0.1, 0.15) is 5.75 Å². The lowest BCUT2D eigenvalue weighted by molar-refractivity contribution is 0.0835. The summed E-state index contributed by atoms with van der Waals surface area (Å²) in [4.78, 5) is 14.7. The summed E-state index contributed by atoms with van der Waals surface area (Å²) in [6, 6.07) is 14.9. The monoisotopic (exact) mass is 331 g/mol. The van der Waals surface area contributed by atoms with E-state index in [1.54, 1.807) is 7.11 Å². The van der Waals surface area contributed by atoms with Gasteiger partial charge in [-0.2, -0.15) is 0 Å². The first-order valence-corrected chi connectivity index (χ1v) is 8.10. The van der Waals surface area contributed by atoms with Crippen LogP contribution in [0.3, 0.4) is 0 Å². The Labute approximate surface area is 142 Å². The molecule has 0 saturated carbocycles. The second kappa shape index (κ2) is 8.14. The predicted molar refractivity (Wildman–Crippen MR) is 94.3 cm³/mol. The summed E-state index contributed by atoms with van der Waals surface area (Å²) in [5.74, 6) is 0.791. The zero-order valence-electron chi connectivity index (χ0n) is 13.8. The predicted octanol–water partition coefficient (Wildman–Crippen LogP) is 4.44. The minimum absolute atomic E-state index is 0.132. The largest absolute Gasteiger partial charge is 0.495 e. The zero-order valence-corrected chi connectivity index (χ0v) is 14.5. The number of carbonyl (C=O) groups is 1. The first kappa shape index (κ1) is 17.5. The van der Waals surface area contributed by atoms with Gasteiger partial charge in [0.05, 0.1) is 18.2 Å². The van der Waals surface area contributed by atoms with Crippen molar-refractivity contribution in [3.63, 3.8) is 0 Å².